The predicted octanol–water partition coefficient (Wildman–Crippen LogP) is 2.96. The highest BCUT2D eigenvalue weighted by molar-refractivity contribution is 5.83. The zero-order chi connectivity index (χ0) is 25.0. The molecule has 0 spiro atoms. The van der Waals surface area contributed by atoms with E-state index in [0.717, 1.165) is 60.7 Å². The first kappa shape index (κ1) is 23.7. The number of hydrogen-bond donors (Lipinski definition) is 2. The van der Waals surface area contributed by atoms with Gasteiger partial charge < -0.3 is 24.8 Å². The lowest BCUT2D eigenvalue weighted by molar-refractivity contribution is 0.306. The molecule has 3 aromatic rings. The number of pyridine rings is 1. The Morgan fingerprint density at radius 2 is 1.61 bits per heavy atom. The third kappa shape index (κ3) is 5.28. The first-order valence-corrected chi connectivity index (χ1v) is 12.2. The average Bonchev–Trinajstić information content (AvgIpc) is 2.93. The van der Waals surface area contributed by atoms with E-state index in [0.29, 0.717) is 6.61 Å². The van der Waals surface area contributed by atoms with E-state index >= 15 is 0 Å². The molecule has 1 atom stereocenters. The Hall–Kier alpha value is -4.04. The molecule has 2 aliphatic heterocycles. The largest absolute Gasteiger partial charge is 0.489 e. The van der Waals surface area contributed by atoms with Crippen LogP contribution in [0.15, 0.2) is 95.9 Å². The van der Waals surface area contributed by atoms with Gasteiger partial charge in [0.25, 0.3) is 0 Å². The van der Waals surface area contributed by atoms with Crippen LogP contribution in [0.25, 0.3) is 0 Å². The fraction of sp³-hybridized carbons (Fsp3) is 0.286. The van der Waals surface area contributed by atoms with Gasteiger partial charge in [0.15, 0.2) is 5.66 Å². The molecule has 8 nitrogen and oxygen atoms in total. The molecule has 0 radical (unpaired) electrons. The highest BCUT2D eigenvalue weighted by Crippen LogP contribution is 2.29. The number of guanidine groups is 1. The molecule has 1 aromatic heterocycles. The molecule has 0 aliphatic carbocycles. The van der Waals surface area contributed by atoms with Gasteiger partial charge in [-0.15, -0.1) is 0 Å². The van der Waals surface area contributed by atoms with E-state index in [1.165, 1.54) is 0 Å². The van der Waals surface area contributed by atoms with E-state index in [2.05, 4.69) is 38.3 Å². The number of aromatic nitrogens is 1. The van der Waals surface area contributed by atoms with Gasteiger partial charge >= 0.3 is 0 Å². The van der Waals surface area contributed by atoms with Crippen LogP contribution < -0.4 is 20.7 Å². The molecule has 3 N–H and O–H groups in total. The second kappa shape index (κ2) is 10.3. The fourth-order valence-electron chi connectivity index (χ4n) is 4.38. The summed E-state index contributed by atoms with van der Waals surface area (Å²) in [6.45, 7) is 3.90. The summed E-state index contributed by atoms with van der Waals surface area (Å²) >= 11 is 0. The van der Waals surface area contributed by atoms with Crippen molar-refractivity contribution in [1.82, 2.24) is 20.1 Å². The Balaban J connectivity index is 1.31. The van der Waals surface area contributed by atoms with Gasteiger partial charge in [-0.25, -0.2) is 9.98 Å². The molecule has 1 fully saturated rings. The first-order chi connectivity index (χ1) is 17.5. The van der Waals surface area contributed by atoms with Gasteiger partial charge in [-0.2, -0.15) is 0 Å². The number of benzene rings is 2. The van der Waals surface area contributed by atoms with Crippen molar-refractivity contribution in [3.05, 3.63) is 102 Å². The number of rotatable bonds is 6. The number of anilines is 1. The van der Waals surface area contributed by atoms with E-state index in [9.17, 15) is 0 Å². The van der Waals surface area contributed by atoms with Crippen molar-refractivity contribution in [3.63, 3.8) is 0 Å². The van der Waals surface area contributed by atoms with Gasteiger partial charge in [0, 0.05) is 52.5 Å². The van der Waals surface area contributed by atoms with E-state index in [1.807, 2.05) is 85.9 Å². The van der Waals surface area contributed by atoms with Gasteiger partial charge in [-0.3, -0.25) is 5.73 Å². The molecule has 0 amide bonds. The lowest BCUT2D eigenvalue weighted by atomic mass is 9.99. The third-order valence-corrected chi connectivity index (χ3v) is 6.49. The topological polar surface area (TPSA) is 82.2 Å². The zero-order valence-corrected chi connectivity index (χ0v) is 20.8. The van der Waals surface area contributed by atoms with Crippen molar-refractivity contribution >= 4 is 11.8 Å². The number of aliphatic imine (C=N–C) groups is 1. The maximum atomic E-state index is 6.92. The Morgan fingerprint density at radius 3 is 2.28 bits per heavy atom. The molecule has 36 heavy (non-hydrogen) atoms. The summed E-state index contributed by atoms with van der Waals surface area (Å²) in [4.78, 5) is 16.1. The lowest BCUT2D eigenvalue weighted by Gasteiger charge is -2.41. The zero-order valence-electron chi connectivity index (χ0n) is 20.8. The fourth-order valence-corrected chi connectivity index (χ4v) is 4.38. The number of ether oxygens (including phenoxy) is 1. The molecule has 5 rings (SSSR count). The summed E-state index contributed by atoms with van der Waals surface area (Å²) in [7, 11) is 4.00. The molecule has 1 saturated heterocycles. The minimum absolute atomic E-state index is 0.523. The summed E-state index contributed by atoms with van der Waals surface area (Å²) < 4.78 is 5.96. The third-order valence-electron chi connectivity index (χ3n) is 6.49. The van der Waals surface area contributed by atoms with Gasteiger partial charge in [0.05, 0.1) is 0 Å². The second-order valence-electron chi connectivity index (χ2n) is 9.27. The normalized spacial score (nSPS) is 19.8. The molecule has 2 aliphatic rings. The lowest BCUT2D eigenvalue weighted by Crippen LogP contribution is -2.56. The minimum Gasteiger partial charge on any atom is -0.489 e. The second-order valence-corrected chi connectivity index (χ2v) is 9.27. The summed E-state index contributed by atoms with van der Waals surface area (Å²) in [5.41, 5.74) is 7.96. The summed E-state index contributed by atoms with van der Waals surface area (Å²) in [6.07, 6.45) is 3.81. The molecular formula is C28H33N7O. The predicted molar refractivity (Wildman–Crippen MR) is 143 cm³/mol. The van der Waals surface area contributed by atoms with Gasteiger partial charge in [0.2, 0.25) is 5.96 Å². The SMILES string of the molecule is CN(C)C1=CC(N)(c2ccc(OCc3ccccc3)cc2)N=C(N2CCN(c3ccccn3)CC2)N1. The van der Waals surface area contributed by atoms with Crippen molar-refractivity contribution in [2.24, 2.45) is 10.7 Å². The number of nitrogens with one attached hydrogen (secondary N) is 1. The standard InChI is InChI=1S/C28H33N7O/c1-33(2)26-20-28(29,23-11-13-24(14-12-23)36-21-22-8-4-3-5-9-22)32-27(31-26)35-18-16-34(17-19-35)25-10-6-7-15-30-25/h3-15,20H,16-19,21,29H2,1-2H3,(H,31,32). The van der Waals surface area contributed by atoms with Crippen LogP contribution in [-0.2, 0) is 12.3 Å². The van der Waals surface area contributed by atoms with Crippen LogP contribution in [0.4, 0.5) is 5.82 Å². The molecule has 1 unspecified atom stereocenters. The number of piperazine rings is 1. The van der Waals surface area contributed by atoms with Gasteiger partial charge in [0.1, 0.15) is 24.0 Å². The van der Waals surface area contributed by atoms with Crippen molar-refractivity contribution in [2.75, 3.05) is 45.2 Å². The Labute approximate surface area is 212 Å². The smallest absolute Gasteiger partial charge is 0.202 e. The van der Waals surface area contributed by atoms with Gasteiger partial charge in [-0.1, -0.05) is 48.5 Å². The molecule has 0 saturated carbocycles. The molecular weight excluding hydrogens is 450 g/mol. The molecule has 186 valence electrons. The average molecular weight is 484 g/mol. The van der Waals surface area contributed by atoms with Crippen molar-refractivity contribution < 1.29 is 4.74 Å². The minimum atomic E-state index is -0.990. The Bertz CT molecular complexity index is 1200. The quantitative estimate of drug-likeness (QED) is 0.558. The number of nitrogens with two attached hydrogens (primary N) is 1. The van der Waals surface area contributed by atoms with Crippen LogP contribution in [0.2, 0.25) is 0 Å². The molecule has 0 bridgehead atoms. The Morgan fingerprint density at radius 1 is 0.917 bits per heavy atom. The van der Waals surface area contributed by atoms with E-state index in [-0.39, 0.29) is 0 Å². The monoisotopic (exact) mass is 483 g/mol. The van der Waals surface area contributed by atoms with Crippen LogP contribution in [-0.4, -0.2) is 61.0 Å². The van der Waals surface area contributed by atoms with E-state index < -0.39 is 5.66 Å². The maximum absolute atomic E-state index is 6.92. The van der Waals surface area contributed by atoms with Crippen LogP contribution in [0, 0.1) is 0 Å². The molecule has 3 heterocycles. The highest BCUT2D eigenvalue weighted by atomic mass is 16.5. The van der Waals surface area contributed by atoms with Crippen molar-refractivity contribution in [2.45, 2.75) is 12.3 Å². The molecule has 2 aromatic carbocycles. The van der Waals surface area contributed by atoms with Gasteiger partial charge in [-0.05, 0) is 35.4 Å². The van der Waals surface area contributed by atoms with Crippen LogP contribution >= 0.6 is 0 Å². The van der Waals surface area contributed by atoms with Crippen LogP contribution in [0.1, 0.15) is 11.1 Å². The van der Waals surface area contributed by atoms with Crippen molar-refractivity contribution in [3.8, 4) is 5.75 Å². The van der Waals surface area contributed by atoms with Crippen LogP contribution in [0.3, 0.4) is 0 Å². The number of nitrogens with zero attached hydrogens (tertiary/aromatic N) is 5. The van der Waals surface area contributed by atoms with E-state index in [4.69, 9.17) is 15.5 Å². The maximum Gasteiger partial charge on any atom is 0.202 e. The number of hydrogen-bond acceptors (Lipinski definition) is 8. The highest BCUT2D eigenvalue weighted by Gasteiger charge is 2.33. The molecule has 8 heteroatoms. The summed E-state index contributed by atoms with van der Waals surface area (Å²) in [6, 6.07) is 24.1. The van der Waals surface area contributed by atoms with Crippen molar-refractivity contribution in [1.29, 1.82) is 0 Å². The Kier molecular flexibility index (Phi) is 6.77. The summed E-state index contributed by atoms with van der Waals surface area (Å²) in [5.74, 6) is 3.51. The summed E-state index contributed by atoms with van der Waals surface area (Å²) in [5, 5.41) is 3.48. The first-order valence-electron chi connectivity index (χ1n) is 12.2. The van der Waals surface area contributed by atoms with E-state index in [1.54, 1.807) is 0 Å². The van der Waals surface area contributed by atoms with Crippen LogP contribution in [0.5, 0.6) is 5.75 Å².